The zero-order valence-electron chi connectivity index (χ0n) is 12.5. The van der Waals surface area contributed by atoms with Crippen molar-refractivity contribution in [3.63, 3.8) is 0 Å². The molecule has 2 aromatic carbocycles. The van der Waals surface area contributed by atoms with Gasteiger partial charge in [0.2, 0.25) is 5.95 Å². The summed E-state index contributed by atoms with van der Waals surface area (Å²) in [7, 11) is 0. The molecule has 3 aromatic rings. The van der Waals surface area contributed by atoms with Crippen molar-refractivity contribution < 1.29 is 8.78 Å². The number of nitrogens with one attached hydrogen (secondary N) is 1. The lowest BCUT2D eigenvalue weighted by atomic mass is 10.0. The minimum atomic E-state index is -0.923. The number of hydrogen-bond donors (Lipinski definition) is 1. The average Bonchev–Trinajstić information content (AvgIpc) is 3.05. The van der Waals surface area contributed by atoms with Crippen molar-refractivity contribution in [2.24, 2.45) is 0 Å². The summed E-state index contributed by atoms with van der Waals surface area (Å²) in [5.74, 6) is -1.35. The van der Waals surface area contributed by atoms with Gasteiger partial charge in [-0.3, -0.25) is 0 Å². The molecule has 0 saturated carbocycles. The number of nitrogens with zero attached hydrogens (tertiary/aromatic N) is 3. The maximum absolute atomic E-state index is 13.6. The number of aromatic nitrogens is 3. The number of anilines is 1. The number of hydrogen-bond acceptors (Lipinski definition) is 3. The highest BCUT2D eigenvalue weighted by molar-refractivity contribution is 6.35. The number of rotatable bonds is 2. The number of fused-ring (bicyclic) bond motifs is 1. The van der Waals surface area contributed by atoms with Gasteiger partial charge in [-0.15, -0.1) is 0 Å². The average molecular weight is 379 g/mol. The second kappa shape index (κ2) is 6.13. The van der Waals surface area contributed by atoms with Gasteiger partial charge < -0.3 is 5.32 Å². The van der Waals surface area contributed by atoms with Crippen LogP contribution in [0.3, 0.4) is 0 Å². The molecule has 0 aliphatic carbocycles. The van der Waals surface area contributed by atoms with Crippen LogP contribution >= 0.6 is 23.2 Å². The topological polar surface area (TPSA) is 42.7 Å². The van der Waals surface area contributed by atoms with E-state index in [-0.39, 0.29) is 6.04 Å². The van der Waals surface area contributed by atoms with Crippen LogP contribution in [0, 0.1) is 11.6 Å². The van der Waals surface area contributed by atoms with Crippen molar-refractivity contribution in [3.8, 4) is 0 Å². The van der Waals surface area contributed by atoms with E-state index >= 15 is 0 Å². The first-order valence-electron chi connectivity index (χ1n) is 7.31. The molecule has 1 aliphatic heterocycles. The van der Waals surface area contributed by atoms with Crippen molar-refractivity contribution in [2.45, 2.75) is 6.04 Å². The Morgan fingerprint density at radius 3 is 2.64 bits per heavy atom. The van der Waals surface area contributed by atoms with E-state index < -0.39 is 11.6 Å². The third-order valence-electron chi connectivity index (χ3n) is 3.92. The first-order valence-corrected chi connectivity index (χ1v) is 8.07. The van der Waals surface area contributed by atoms with Crippen LogP contribution in [0.15, 0.2) is 48.8 Å². The van der Waals surface area contributed by atoms with Crippen molar-refractivity contribution >= 4 is 34.8 Å². The molecule has 1 aliphatic rings. The zero-order chi connectivity index (χ0) is 17.6. The highest BCUT2D eigenvalue weighted by Crippen LogP contribution is 2.36. The Kier molecular flexibility index (Phi) is 3.94. The van der Waals surface area contributed by atoms with E-state index in [4.69, 9.17) is 23.2 Å². The van der Waals surface area contributed by atoms with Gasteiger partial charge >= 0.3 is 0 Å². The molecule has 4 rings (SSSR count). The van der Waals surface area contributed by atoms with E-state index in [1.165, 1.54) is 12.4 Å². The monoisotopic (exact) mass is 378 g/mol. The molecule has 0 spiro atoms. The van der Waals surface area contributed by atoms with Gasteiger partial charge in [-0.25, -0.2) is 13.5 Å². The molecule has 2 heterocycles. The predicted molar refractivity (Wildman–Crippen MR) is 92.6 cm³/mol. The molecule has 0 bridgehead atoms. The van der Waals surface area contributed by atoms with Crippen LogP contribution in [0.5, 0.6) is 0 Å². The Labute approximate surface area is 151 Å². The molecule has 4 nitrogen and oxygen atoms in total. The molecule has 25 heavy (non-hydrogen) atoms. The lowest BCUT2D eigenvalue weighted by Crippen LogP contribution is -2.20. The maximum atomic E-state index is 13.6. The lowest BCUT2D eigenvalue weighted by Gasteiger charge is -2.25. The minimum absolute atomic E-state index is 0.369. The molecule has 8 heteroatoms. The molecule has 0 amide bonds. The number of benzene rings is 2. The molecule has 0 saturated heterocycles. The first-order chi connectivity index (χ1) is 12.0. The van der Waals surface area contributed by atoms with Crippen molar-refractivity contribution in [1.82, 2.24) is 14.8 Å². The highest BCUT2D eigenvalue weighted by atomic mass is 35.5. The van der Waals surface area contributed by atoms with Gasteiger partial charge in [0.15, 0.2) is 11.6 Å². The summed E-state index contributed by atoms with van der Waals surface area (Å²) in [5, 5.41) is 8.27. The molecule has 0 unspecified atom stereocenters. The molecule has 0 fully saturated rings. The zero-order valence-corrected chi connectivity index (χ0v) is 14.1. The molecule has 0 radical (unpaired) electrons. The van der Waals surface area contributed by atoms with Crippen LogP contribution in [-0.4, -0.2) is 14.8 Å². The van der Waals surface area contributed by atoms with Crippen LogP contribution in [-0.2, 0) is 0 Å². The SMILES string of the molecule is Fc1ccc(C2=C[C@H](c3ccc(Cl)cc3Cl)n3ncnc3N2)cc1F. The lowest BCUT2D eigenvalue weighted by molar-refractivity contribution is 0.508. The fraction of sp³-hybridized carbons (Fsp3) is 0.0588. The van der Waals surface area contributed by atoms with Crippen LogP contribution in [0.1, 0.15) is 17.2 Å². The Morgan fingerprint density at radius 2 is 1.88 bits per heavy atom. The predicted octanol–water partition coefficient (Wildman–Crippen LogP) is 4.92. The quantitative estimate of drug-likeness (QED) is 0.688. The van der Waals surface area contributed by atoms with Gasteiger partial charge in [0.1, 0.15) is 12.4 Å². The largest absolute Gasteiger partial charge is 0.324 e. The summed E-state index contributed by atoms with van der Waals surface area (Å²) >= 11 is 12.3. The van der Waals surface area contributed by atoms with Gasteiger partial charge in [0.05, 0.1) is 0 Å². The van der Waals surface area contributed by atoms with Gasteiger partial charge in [0.25, 0.3) is 0 Å². The molecule has 1 aromatic heterocycles. The van der Waals surface area contributed by atoms with Crippen LogP contribution < -0.4 is 5.32 Å². The molecular formula is C17H10Cl2F2N4. The summed E-state index contributed by atoms with van der Waals surface area (Å²) in [5.41, 5.74) is 1.83. The second-order valence-corrected chi connectivity index (χ2v) is 6.32. The van der Waals surface area contributed by atoms with Crippen molar-refractivity contribution in [2.75, 3.05) is 5.32 Å². The molecule has 1 N–H and O–H groups in total. The normalized spacial score (nSPS) is 16.2. The fourth-order valence-electron chi connectivity index (χ4n) is 2.73. The van der Waals surface area contributed by atoms with Gasteiger partial charge in [-0.05, 0) is 42.0 Å². The van der Waals surface area contributed by atoms with E-state index in [0.29, 0.717) is 27.3 Å². The molecule has 126 valence electrons. The summed E-state index contributed by atoms with van der Waals surface area (Å²) < 4.78 is 28.5. The van der Waals surface area contributed by atoms with E-state index in [0.717, 1.165) is 17.7 Å². The Balaban J connectivity index is 1.84. The second-order valence-electron chi connectivity index (χ2n) is 5.47. The third-order valence-corrected chi connectivity index (χ3v) is 4.48. The molecular weight excluding hydrogens is 369 g/mol. The number of halogens is 4. The minimum Gasteiger partial charge on any atom is -0.324 e. The van der Waals surface area contributed by atoms with Gasteiger partial charge in [-0.2, -0.15) is 10.1 Å². The van der Waals surface area contributed by atoms with E-state index in [9.17, 15) is 8.78 Å². The summed E-state index contributed by atoms with van der Waals surface area (Å²) in [4.78, 5) is 4.16. The highest BCUT2D eigenvalue weighted by Gasteiger charge is 2.25. The van der Waals surface area contributed by atoms with Crippen LogP contribution in [0.4, 0.5) is 14.7 Å². The smallest absolute Gasteiger partial charge is 0.226 e. The summed E-state index contributed by atoms with van der Waals surface area (Å²) in [6, 6.07) is 8.49. The van der Waals surface area contributed by atoms with E-state index in [1.807, 2.05) is 6.08 Å². The first kappa shape index (κ1) is 16.1. The number of allylic oxidation sites excluding steroid dienone is 1. The van der Waals surface area contributed by atoms with Gasteiger partial charge in [0, 0.05) is 21.3 Å². The third kappa shape index (κ3) is 2.88. The Bertz CT molecular complexity index is 1000. The summed E-state index contributed by atoms with van der Waals surface area (Å²) in [6.07, 6.45) is 3.23. The van der Waals surface area contributed by atoms with Gasteiger partial charge in [-0.1, -0.05) is 29.3 Å². The van der Waals surface area contributed by atoms with Crippen molar-refractivity contribution in [1.29, 1.82) is 0 Å². The van der Waals surface area contributed by atoms with Crippen LogP contribution in [0.25, 0.3) is 5.70 Å². The standard InChI is InChI=1S/C17H10Cl2F2N4/c18-10-2-3-11(12(19)6-10)16-7-15(24-17-22-8-23-25(16)17)9-1-4-13(20)14(21)5-9/h1-8,16H,(H,22,23,24)/t16-/m1/s1. The molecule has 1 atom stereocenters. The van der Waals surface area contributed by atoms with Crippen molar-refractivity contribution in [3.05, 3.63) is 81.6 Å². The Morgan fingerprint density at radius 1 is 1.04 bits per heavy atom. The Hall–Kier alpha value is -2.44. The van der Waals surface area contributed by atoms with Crippen LogP contribution in [0.2, 0.25) is 10.0 Å². The maximum Gasteiger partial charge on any atom is 0.226 e. The summed E-state index contributed by atoms with van der Waals surface area (Å²) in [6.45, 7) is 0. The van der Waals surface area contributed by atoms with E-state index in [2.05, 4.69) is 15.4 Å². The van der Waals surface area contributed by atoms with E-state index in [1.54, 1.807) is 22.9 Å². The fourth-order valence-corrected chi connectivity index (χ4v) is 3.25.